The van der Waals surface area contributed by atoms with Crippen LogP contribution in [-0.4, -0.2) is 36.3 Å². The highest BCUT2D eigenvalue weighted by Gasteiger charge is 2.17. The standard InChI is InChI=1S/C17H28N2O3/c1-4-5-6-9-19(17(21)15-8-11-22-13-15)10-7-16(20)18-12-14(2)3/h8,11,13-14H,4-7,9-10,12H2,1-3H3,(H,18,20). The van der Waals surface area contributed by atoms with E-state index in [0.29, 0.717) is 37.5 Å². The summed E-state index contributed by atoms with van der Waals surface area (Å²) in [6.45, 7) is 8.03. The summed E-state index contributed by atoms with van der Waals surface area (Å²) in [7, 11) is 0. The Morgan fingerprint density at radius 2 is 2.05 bits per heavy atom. The summed E-state index contributed by atoms with van der Waals surface area (Å²) in [4.78, 5) is 26.0. The van der Waals surface area contributed by atoms with E-state index in [1.165, 1.54) is 12.5 Å². The van der Waals surface area contributed by atoms with Crippen molar-refractivity contribution < 1.29 is 14.0 Å². The summed E-state index contributed by atoms with van der Waals surface area (Å²) in [5.41, 5.74) is 0.541. The highest BCUT2D eigenvalue weighted by Crippen LogP contribution is 2.08. The maximum Gasteiger partial charge on any atom is 0.257 e. The average molecular weight is 308 g/mol. The summed E-state index contributed by atoms with van der Waals surface area (Å²) in [5.74, 6) is 0.355. The van der Waals surface area contributed by atoms with Gasteiger partial charge in [-0.05, 0) is 18.4 Å². The molecule has 1 N–H and O–H groups in total. The fraction of sp³-hybridized carbons (Fsp3) is 0.647. The number of carbonyl (C=O) groups excluding carboxylic acids is 2. The molecule has 0 saturated carbocycles. The van der Waals surface area contributed by atoms with E-state index in [1.807, 2.05) is 0 Å². The second kappa shape index (κ2) is 10.0. The fourth-order valence-electron chi connectivity index (χ4n) is 2.08. The van der Waals surface area contributed by atoms with Gasteiger partial charge in [0, 0.05) is 26.1 Å². The van der Waals surface area contributed by atoms with Crippen LogP contribution in [0.5, 0.6) is 0 Å². The van der Waals surface area contributed by atoms with E-state index in [0.717, 1.165) is 19.3 Å². The first-order valence-corrected chi connectivity index (χ1v) is 8.12. The first-order chi connectivity index (χ1) is 10.5. The molecule has 5 nitrogen and oxygen atoms in total. The van der Waals surface area contributed by atoms with Gasteiger partial charge in [0.2, 0.25) is 5.91 Å². The maximum absolute atomic E-state index is 12.4. The number of furan rings is 1. The third-order valence-corrected chi connectivity index (χ3v) is 3.40. The molecular weight excluding hydrogens is 280 g/mol. The van der Waals surface area contributed by atoms with Crippen LogP contribution in [0.4, 0.5) is 0 Å². The number of carbonyl (C=O) groups is 2. The second-order valence-corrected chi connectivity index (χ2v) is 5.96. The van der Waals surface area contributed by atoms with Crippen LogP contribution in [0.3, 0.4) is 0 Å². The second-order valence-electron chi connectivity index (χ2n) is 5.96. The number of unbranched alkanes of at least 4 members (excludes halogenated alkanes) is 2. The van der Waals surface area contributed by atoms with Gasteiger partial charge in [-0.2, -0.15) is 0 Å². The van der Waals surface area contributed by atoms with E-state index in [9.17, 15) is 9.59 Å². The topological polar surface area (TPSA) is 62.6 Å². The van der Waals surface area contributed by atoms with Crippen LogP contribution in [-0.2, 0) is 4.79 Å². The highest BCUT2D eigenvalue weighted by atomic mass is 16.3. The number of amides is 2. The van der Waals surface area contributed by atoms with Crippen molar-refractivity contribution in [2.45, 2.75) is 46.5 Å². The van der Waals surface area contributed by atoms with Gasteiger partial charge in [-0.25, -0.2) is 0 Å². The zero-order valence-electron chi connectivity index (χ0n) is 13.9. The molecule has 0 aliphatic heterocycles. The largest absolute Gasteiger partial charge is 0.472 e. The number of hydrogen-bond acceptors (Lipinski definition) is 3. The average Bonchev–Trinajstić information content (AvgIpc) is 3.02. The Morgan fingerprint density at radius 3 is 2.64 bits per heavy atom. The molecule has 0 aromatic carbocycles. The van der Waals surface area contributed by atoms with Gasteiger partial charge in [-0.15, -0.1) is 0 Å². The quantitative estimate of drug-likeness (QED) is 0.676. The molecule has 1 heterocycles. The van der Waals surface area contributed by atoms with Gasteiger partial charge in [0.1, 0.15) is 6.26 Å². The molecule has 0 aliphatic rings. The van der Waals surface area contributed by atoms with Crippen molar-refractivity contribution in [1.29, 1.82) is 0 Å². The number of nitrogens with one attached hydrogen (secondary N) is 1. The lowest BCUT2D eigenvalue weighted by molar-refractivity contribution is -0.121. The molecule has 1 aromatic heterocycles. The first-order valence-electron chi connectivity index (χ1n) is 8.12. The van der Waals surface area contributed by atoms with Gasteiger partial charge in [0.05, 0.1) is 11.8 Å². The van der Waals surface area contributed by atoms with Crippen LogP contribution >= 0.6 is 0 Å². The summed E-state index contributed by atoms with van der Waals surface area (Å²) >= 11 is 0. The van der Waals surface area contributed by atoms with Crippen molar-refractivity contribution in [3.8, 4) is 0 Å². The summed E-state index contributed by atoms with van der Waals surface area (Å²) in [6, 6.07) is 1.66. The Hall–Kier alpha value is -1.78. The van der Waals surface area contributed by atoms with E-state index < -0.39 is 0 Å². The zero-order valence-corrected chi connectivity index (χ0v) is 13.9. The summed E-state index contributed by atoms with van der Waals surface area (Å²) in [5, 5.41) is 2.88. The lowest BCUT2D eigenvalue weighted by Crippen LogP contribution is -2.36. The minimum atomic E-state index is -0.0680. The van der Waals surface area contributed by atoms with E-state index in [4.69, 9.17) is 4.42 Å². The molecule has 0 bridgehead atoms. The van der Waals surface area contributed by atoms with Crippen molar-refractivity contribution in [2.75, 3.05) is 19.6 Å². The molecule has 22 heavy (non-hydrogen) atoms. The minimum absolute atomic E-state index is 0.00538. The van der Waals surface area contributed by atoms with Gasteiger partial charge >= 0.3 is 0 Å². The molecule has 124 valence electrons. The molecule has 0 aliphatic carbocycles. The number of rotatable bonds is 10. The molecule has 0 unspecified atom stereocenters. The molecule has 0 saturated heterocycles. The van der Waals surface area contributed by atoms with Gasteiger partial charge in [-0.1, -0.05) is 33.6 Å². The third-order valence-electron chi connectivity index (χ3n) is 3.40. The van der Waals surface area contributed by atoms with Gasteiger partial charge in [0.25, 0.3) is 5.91 Å². The minimum Gasteiger partial charge on any atom is -0.472 e. The summed E-state index contributed by atoms with van der Waals surface area (Å²) in [6.07, 6.45) is 6.41. The van der Waals surface area contributed by atoms with Crippen molar-refractivity contribution in [1.82, 2.24) is 10.2 Å². The van der Waals surface area contributed by atoms with Crippen LogP contribution in [0.25, 0.3) is 0 Å². The van der Waals surface area contributed by atoms with E-state index in [-0.39, 0.29) is 11.8 Å². The maximum atomic E-state index is 12.4. The van der Waals surface area contributed by atoms with Crippen LogP contribution in [0, 0.1) is 5.92 Å². The first kappa shape index (κ1) is 18.3. The summed E-state index contributed by atoms with van der Waals surface area (Å²) < 4.78 is 4.98. The Morgan fingerprint density at radius 1 is 1.27 bits per heavy atom. The Bertz CT molecular complexity index is 441. The molecule has 0 spiro atoms. The van der Waals surface area contributed by atoms with Crippen molar-refractivity contribution in [3.63, 3.8) is 0 Å². The van der Waals surface area contributed by atoms with E-state index in [2.05, 4.69) is 26.1 Å². The lowest BCUT2D eigenvalue weighted by Gasteiger charge is -2.22. The molecule has 5 heteroatoms. The van der Waals surface area contributed by atoms with Gasteiger partial charge in [-0.3, -0.25) is 9.59 Å². The zero-order chi connectivity index (χ0) is 16.4. The number of nitrogens with zero attached hydrogens (tertiary/aromatic N) is 1. The normalized spacial score (nSPS) is 10.7. The molecule has 0 atom stereocenters. The van der Waals surface area contributed by atoms with Gasteiger partial charge in [0.15, 0.2) is 0 Å². The Labute approximate surface area is 133 Å². The third kappa shape index (κ3) is 6.78. The SMILES string of the molecule is CCCCCN(CCC(=O)NCC(C)C)C(=O)c1ccoc1. The van der Waals surface area contributed by atoms with Crippen molar-refractivity contribution >= 4 is 11.8 Å². The Kier molecular flexibility index (Phi) is 8.33. The predicted molar refractivity (Wildman–Crippen MR) is 86.6 cm³/mol. The molecule has 1 rings (SSSR count). The predicted octanol–water partition coefficient (Wildman–Crippen LogP) is 3.07. The van der Waals surface area contributed by atoms with Crippen molar-refractivity contribution in [3.05, 3.63) is 24.2 Å². The van der Waals surface area contributed by atoms with Crippen LogP contribution in [0.1, 0.15) is 56.8 Å². The fourth-order valence-corrected chi connectivity index (χ4v) is 2.08. The Balaban J connectivity index is 2.51. The molecule has 0 radical (unpaired) electrons. The van der Waals surface area contributed by atoms with Crippen LogP contribution < -0.4 is 5.32 Å². The molecular formula is C17H28N2O3. The van der Waals surface area contributed by atoms with E-state index >= 15 is 0 Å². The molecule has 1 aromatic rings. The number of hydrogen-bond donors (Lipinski definition) is 1. The van der Waals surface area contributed by atoms with Crippen LogP contribution in [0.2, 0.25) is 0 Å². The highest BCUT2D eigenvalue weighted by molar-refractivity contribution is 5.94. The van der Waals surface area contributed by atoms with Gasteiger partial charge < -0.3 is 14.6 Å². The lowest BCUT2D eigenvalue weighted by atomic mass is 10.2. The molecule has 2 amide bonds. The molecule has 0 fully saturated rings. The van der Waals surface area contributed by atoms with Crippen LogP contribution in [0.15, 0.2) is 23.0 Å². The smallest absolute Gasteiger partial charge is 0.257 e. The monoisotopic (exact) mass is 308 g/mol. The van der Waals surface area contributed by atoms with Crippen molar-refractivity contribution in [2.24, 2.45) is 5.92 Å². The van der Waals surface area contributed by atoms with E-state index in [1.54, 1.807) is 11.0 Å².